The molecule has 0 aliphatic carbocycles. The maximum Gasteiger partial charge on any atom is 0.236 e. The molecule has 1 aromatic rings. The number of amides is 1. The second-order valence-corrected chi connectivity index (χ2v) is 4.55. The van der Waals surface area contributed by atoms with E-state index in [1.165, 1.54) is 12.3 Å². The molecule has 86 valence electrons. The first-order chi connectivity index (χ1) is 7.49. The van der Waals surface area contributed by atoms with Crippen molar-refractivity contribution < 1.29 is 4.79 Å². The molecule has 0 aliphatic heterocycles. The highest BCUT2D eigenvalue weighted by Crippen LogP contribution is 2.22. The van der Waals surface area contributed by atoms with E-state index in [0.717, 1.165) is 11.8 Å². The molecule has 0 fully saturated rings. The first-order valence-corrected chi connectivity index (χ1v) is 5.81. The molecule has 4 N–H and O–H groups in total. The van der Waals surface area contributed by atoms with Gasteiger partial charge in [0.1, 0.15) is 0 Å². The number of hydrogen-bond donors (Lipinski definition) is 3. The molecule has 0 unspecified atom stereocenters. The fraction of sp³-hybridized carbons (Fsp3) is 0.125. The van der Waals surface area contributed by atoms with Gasteiger partial charge in [0.25, 0.3) is 0 Å². The van der Waals surface area contributed by atoms with Gasteiger partial charge < -0.3 is 11.1 Å². The van der Waals surface area contributed by atoms with Gasteiger partial charge in [-0.25, -0.2) is 4.98 Å². The summed E-state index contributed by atoms with van der Waals surface area (Å²) in [6.07, 6.45) is 1.38. The first kappa shape index (κ1) is 13.1. The minimum absolute atomic E-state index is 0.0377. The van der Waals surface area contributed by atoms with Gasteiger partial charge in [-0.2, -0.15) is 0 Å². The summed E-state index contributed by atoms with van der Waals surface area (Å²) in [4.78, 5) is 15.2. The summed E-state index contributed by atoms with van der Waals surface area (Å²) >= 11 is 12.4. The molecular weight excluding hydrogens is 271 g/mol. The lowest BCUT2D eigenvalue weighted by Gasteiger charge is -2.05. The van der Waals surface area contributed by atoms with Crippen LogP contribution in [0.3, 0.4) is 0 Å². The van der Waals surface area contributed by atoms with E-state index >= 15 is 0 Å². The standard InChI is InChI=1S/C8H8Cl2N4OS/c9-4-1-5(10)7(13-2-4)14-6(15)3-16-8(11)12/h1-2H,3H2,(H3,11,12)(H,13,14,15). The average Bonchev–Trinajstić information content (AvgIpc) is 2.19. The summed E-state index contributed by atoms with van der Waals surface area (Å²) < 4.78 is 0. The molecule has 0 aliphatic rings. The first-order valence-electron chi connectivity index (χ1n) is 4.06. The van der Waals surface area contributed by atoms with Gasteiger partial charge in [0, 0.05) is 6.20 Å². The Hall–Kier alpha value is -0.980. The maximum absolute atomic E-state index is 11.3. The third kappa shape index (κ3) is 4.26. The quantitative estimate of drug-likeness (QED) is 0.582. The number of halogens is 2. The predicted octanol–water partition coefficient (Wildman–Crippen LogP) is 1.95. The molecule has 1 aromatic heterocycles. The van der Waals surface area contributed by atoms with E-state index in [9.17, 15) is 4.79 Å². The molecule has 0 saturated carbocycles. The number of thioether (sulfide) groups is 1. The zero-order chi connectivity index (χ0) is 12.1. The molecule has 0 spiro atoms. The molecule has 0 saturated heterocycles. The van der Waals surface area contributed by atoms with Crippen molar-refractivity contribution in [1.29, 1.82) is 5.41 Å². The molecule has 0 radical (unpaired) electrons. The largest absolute Gasteiger partial charge is 0.379 e. The van der Waals surface area contributed by atoms with E-state index in [1.807, 2.05) is 0 Å². The van der Waals surface area contributed by atoms with Gasteiger partial charge in [0.15, 0.2) is 11.0 Å². The zero-order valence-electron chi connectivity index (χ0n) is 7.96. The minimum atomic E-state index is -0.336. The predicted molar refractivity (Wildman–Crippen MR) is 67.3 cm³/mol. The van der Waals surface area contributed by atoms with Gasteiger partial charge in [0.05, 0.1) is 15.8 Å². The van der Waals surface area contributed by atoms with Crippen molar-refractivity contribution in [2.75, 3.05) is 11.1 Å². The lowest BCUT2D eigenvalue weighted by atomic mass is 10.4. The van der Waals surface area contributed by atoms with Gasteiger partial charge in [-0.05, 0) is 6.07 Å². The number of nitrogens with zero attached hydrogens (tertiary/aromatic N) is 1. The Balaban J connectivity index is 2.59. The molecule has 1 heterocycles. The van der Waals surface area contributed by atoms with Crippen molar-refractivity contribution in [2.45, 2.75) is 0 Å². The van der Waals surface area contributed by atoms with Gasteiger partial charge in [0.2, 0.25) is 5.91 Å². The van der Waals surface area contributed by atoms with E-state index in [2.05, 4.69) is 10.3 Å². The van der Waals surface area contributed by atoms with Crippen LogP contribution in [0.15, 0.2) is 12.3 Å². The van der Waals surface area contributed by atoms with Crippen LogP contribution in [-0.4, -0.2) is 21.8 Å². The van der Waals surface area contributed by atoms with Crippen molar-refractivity contribution in [3.63, 3.8) is 0 Å². The SMILES string of the molecule is N=C(N)SCC(=O)Nc1ncc(Cl)cc1Cl. The molecule has 1 rings (SSSR count). The Kier molecular flexibility index (Phi) is 4.85. The van der Waals surface area contributed by atoms with Crippen LogP contribution in [0.25, 0.3) is 0 Å². The number of hydrogen-bond acceptors (Lipinski definition) is 4. The lowest BCUT2D eigenvalue weighted by molar-refractivity contribution is -0.113. The van der Waals surface area contributed by atoms with Crippen LogP contribution in [0, 0.1) is 5.41 Å². The van der Waals surface area contributed by atoms with Gasteiger partial charge in [-0.15, -0.1) is 0 Å². The van der Waals surface area contributed by atoms with Crippen molar-refractivity contribution >= 4 is 51.9 Å². The highest BCUT2D eigenvalue weighted by Gasteiger charge is 2.08. The van der Waals surface area contributed by atoms with Gasteiger partial charge in [-0.1, -0.05) is 35.0 Å². The number of carbonyl (C=O) groups is 1. The molecule has 1 amide bonds. The second-order valence-electron chi connectivity index (χ2n) is 2.69. The highest BCUT2D eigenvalue weighted by atomic mass is 35.5. The van der Waals surface area contributed by atoms with E-state index in [-0.39, 0.29) is 27.7 Å². The smallest absolute Gasteiger partial charge is 0.236 e. The molecule has 5 nitrogen and oxygen atoms in total. The number of nitrogens with two attached hydrogens (primary N) is 1. The Morgan fingerprint density at radius 1 is 1.62 bits per heavy atom. The normalized spacial score (nSPS) is 9.88. The van der Waals surface area contributed by atoms with Gasteiger partial charge in [-0.3, -0.25) is 10.2 Å². The molecule has 0 atom stereocenters. The summed E-state index contributed by atoms with van der Waals surface area (Å²) in [6, 6.07) is 1.48. The summed E-state index contributed by atoms with van der Waals surface area (Å²) in [7, 11) is 0. The number of pyridine rings is 1. The number of anilines is 1. The fourth-order valence-electron chi connectivity index (χ4n) is 0.818. The van der Waals surface area contributed by atoms with Gasteiger partial charge >= 0.3 is 0 Å². The van der Waals surface area contributed by atoms with Crippen LogP contribution in [0.5, 0.6) is 0 Å². The molecule has 0 bridgehead atoms. The molecule has 0 aromatic carbocycles. The van der Waals surface area contributed by atoms with E-state index < -0.39 is 0 Å². The van der Waals surface area contributed by atoms with Crippen LogP contribution < -0.4 is 11.1 Å². The van der Waals surface area contributed by atoms with Crippen LogP contribution in [0.4, 0.5) is 5.82 Å². The number of nitrogens with one attached hydrogen (secondary N) is 2. The van der Waals surface area contributed by atoms with Crippen LogP contribution in [0.1, 0.15) is 0 Å². The second kappa shape index (κ2) is 5.93. The Labute approximate surface area is 106 Å². The summed E-state index contributed by atoms with van der Waals surface area (Å²) in [5.41, 5.74) is 5.09. The average molecular weight is 279 g/mol. The number of amidine groups is 1. The lowest BCUT2D eigenvalue weighted by Crippen LogP contribution is -2.18. The van der Waals surface area contributed by atoms with E-state index in [1.54, 1.807) is 0 Å². The Morgan fingerprint density at radius 2 is 2.31 bits per heavy atom. The van der Waals surface area contributed by atoms with Crippen molar-refractivity contribution in [1.82, 2.24) is 4.98 Å². The number of carbonyl (C=O) groups excluding carboxylic acids is 1. The van der Waals surface area contributed by atoms with Crippen molar-refractivity contribution in [3.05, 3.63) is 22.3 Å². The third-order valence-corrected chi connectivity index (χ3v) is 2.64. The summed E-state index contributed by atoms with van der Waals surface area (Å²) in [5, 5.41) is 9.95. The topological polar surface area (TPSA) is 91.9 Å². The van der Waals surface area contributed by atoms with Crippen LogP contribution in [-0.2, 0) is 4.79 Å². The summed E-state index contributed by atoms with van der Waals surface area (Å²) in [6.45, 7) is 0. The van der Waals surface area contributed by atoms with Crippen LogP contribution >= 0.6 is 35.0 Å². The van der Waals surface area contributed by atoms with Crippen LogP contribution in [0.2, 0.25) is 10.0 Å². The maximum atomic E-state index is 11.3. The Morgan fingerprint density at radius 3 is 2.88 bits per heavy atom. The minimum Gasteiger partial charge on any atom is -0.379 e. The summed E-state index contributed by atoms with van der Waals surface area (Å²) in [5.74, 6) is -0.0622. The fourth-order valence-corrected chi connectivity index (χ4v) is 1.60. The van der Waals surface area contributed by atoms with Crippen molar-refractivity contribution in [3.8, 4) is 0 Å². The molecule has 16 heavy (non-hydrogen) atoms. The molecule has 8 heteroatoms. The zero-order valence-corrected chi connectivity index (χ0v) is 10.3. The monoisotopic (exact) mass is 278 g/mol. The van der Waals surface area contributed by atoms with Crippen molar-refractivity contribution in [2.24, 2.45) is 5.73 Å². The molecular formula is C8H8Cl2N4OS. The number of aromatic nitrogens is 1. The third-order valence-electron chi connectivity index (χ3n) is 1.42. The van der Waals surface area contributed by atoms with E-state index in [0.29, 0.717) is 5.02 Å². The van der Waals surface area contributed by atoms with E-state index in [4.69, 9.17) is 34.3 Å². The highest BCUT2D eigenvalue weighted by molar-refractivity contribution is 8.14. The Bertz CT molecular complexity index is 426. The number of rotatable bonds is 3.